The molecule has 0 aliphatic carbocycles. The summed E-state index contributed by atoms with van der Waals surface area (Å²) in [7, 11) is 0. The number of rotatable bonds is 1. The van der Waals surface area contributed by atoms with Crippen LogP contribution in [0.15, 0.2) is 23.6 Å². The summed E-state index contributed by atoms with van der Waals surface area (Å²) in [5.41, 5.74) is 1.96. The molecule has 5 heterocycles. The number of ether oxygens (including phenoxy) is 1. The van der Waals surface area contributed by atoms with E-state index in [0.717, 1.165) is 38.2 Å². The van der Waals surface area contributed by atoms with E-state index in [9.17, 15) is 4.79 Å². The molecule has 1 aromatic carbocycles. The highest BCUT2D eigenvalue weighted by Gasteiger charge is 2.55. The number of anilines is 1. The molecule has 2 bridgehead atoms. The topological polar surface area (TPSA) is 32.8 Å². The fraction of sp³-hybridized carbons (Fsp3) is 0.500. The second-order valence-electron chi connectivity index (χ2n) is 7.17. The summed E-state index contributed by atoms with van der Waals surface area (Å²) in [4.78, 5) is 16.9. The number of nitrogens with zero attached hydrogens (tertiary/aromatic N) is 2. The van der Waals surface area contributed by atoms with Gasteiger partial charge >= 0.3 is 6.09 Å². The van der Waals surface area contributed by atoms with Crippen LogP contribution in [-0.4, -0.2) is 42.8 Å². The predicted octanol–water partition coefficient (Wildman–Crippen LogP) is 4.05. The zero-order chi connectivity index (χ0) is 15.6. The average Bonchev–Trinajstić information content (AvgIpc) is 3.09. The largest absolute Gasteiger partial charge is 0.439 e. The fourth-order valence-electron chi connectivity index (χ4n) is 4.52. The van der Waals surface area contributed by atoms with Crippen molar-refractivity contribution >= 4 is 45.6 Å². The number of halogens is 1. The lowest BCUT2D eigenvalue weighted by Crippen LogP contribution is -2.61. The van der Waals surface area contributed by atoms with Gasteiger partial charge in [0.2, 0.25) is 0 Å². The van der Waals surface area contributed by atoms with E-state index in [1.165, 1.54) is 15.6 Å². The molecule has 0 N–H and O–H groups in total. The van der Waals surface area contributed by atoms with Gasteiger partial charge in [0.25, 0.3) is 0 Å². The average molecular weight is 365 g/mol. The minimum absolute atomic E-state index is 0. The molecule has 24 heavy (non-hydrogen) atoms. The summed E-state index contributed by atoms with van der Waals surface area (Å²) >= 11 is 1.76. The van der Waals surface area contributed by atoms with Crippen LogP contribution in [0.4, 0.5) is 10.5 Å². The molecule has 6 heteroatoms. The number of aryl methyl sites for hydroxylation is 1. The highest BCUT2D eigenvalue weighted by atomic mass is 35.5. The fourth-order valence-corrected chi connectivity index (χ4v) is 5.45. The van der Waals surface area contributed by atoms with E-state index in [1.54, 1.807) is 11.3 Å². The van der Waals surface area contributed by atoms with E-state index in [0.29, 0.717) is 12.5 Å². The molecule has 4 fully saturated rings. The smallest absolute Gasteiger partial charge is 0.415 e. The number of carbonyl (C=O) groups excluding carboxylic acids is 1. The van der Waals surface area contributed by atoms with E-state index in [-0.39, 0.29) is 24.1 Å². The molecule has 6 rings (SSSR count). The minimum Gasteiger partial charge on any atom is -0.439 e. The van der Waals surface area contributed by atoms with Gasteiger partial charge in [0.05, 0.1) is 6.54 Å². The Balaban J connectivity index is 0.00000146. The van der Waals surface area contributed by atoms with E-state index in [4.69, 9.17) is 4.74 Å². The normalized spacial score (nSPS) is 31.5. The molecule has 128 valence electrons. The quantitative estimate of drug-likeness (QED) is 0.765. The van der Waals surface area contributed by atoms with Crippen molar-refractivity contribution < 1.29 is 9.53 Å². The summed E-state index contributed by atoms with van der Waals surface area (Å²) in [6.45, 7) is 6.04. The first-order valence-electron chi connectivity index (χ1n) is 8.35. The molecule has 1 amide bonds. The highest BCUT2D eigenvalue weighted by molar-refractivity contribution is 7.17. The first-order valence-corrected chi connectivity index (χ1v) is 9.23. The van der Waals surface area contributed by atoms with Crippen molar-refractivity contribution in [3.05, 3.63) is 29.1 Å². The van der Waals surface area contributed by atoms with E-state index < -0.39 is 0 Å². The summed E-state index contributed by atoms with van der Waals surface area (Å²) in [5.74, 6) is 0.521. The van der Waals surface area contributed by atoms with E-state index in [1.807, 2.05) is 4.90 Å². The summed E-state index contributed by atoms with van der Waals surface area (Å²) in [5, 5.41) is 3.42. The number of fused-ring (bicyclic) bond motifs is 3. The molecular weight excluding hydrogens is 344 g/mol. The van der Waals surface area contributed by atoms with Crippen molar-refractivity contribution in [2.24, 2.45) is 5.92 Å². The van der Waals surface area contributed by atoms with Crippen LogP contribution in [0.3, 0.4) is 0 Å². The molecule has 4 aliphatic rings. The molecule has 1 aromatic heterocycles. The van der Waals surface area contributed by atoms with Crippen LogP contribution in [-0.2, 0) is 4.74 Å². The molecule has 2 aromatic rings. The molecule has 0 unspecified atom stereocenters. The van der Waals surface area contributed by atoms with Crippen LogP contribution in [0, 0.1) is 12.8 Å². The van der Waals surface area contributed by atoms with Gasteiger partial charge in [0, 0.05) is 22.8 Å². The number of hydrogen-bond acceptors (Lipinski definition) is 4. The second kappa shape index (κ2) is 5.61. The van der Waals surface area contributed by atoms with Gasteiger partial charge in [-0.15, -0.1) is 23.7 Å². The van der Waals surface area contributed by atoms with Gasteiger partial charge in [-0.25, -0.2) is 4.79 Å². The second-order valence-corrected chi connectivity index (χ2v) is 8.08. The number of piperidine rings is 3. The van der Waals surface area contributed by atoms with Gasteiger partial charge in [0.1, 0.15) is 5.60 Å². The molecule has 1 atom stereocenters. The van der Waals surface area contributed by atoms with Gasteiger partial charge in [-0.05, 0) is 67.4 Å². The number of thiophene rings is 1. The Hall–Kier alpha value is -1.30. The van der Waals surface area contributed by atoms with E-state index in [2.05, 4.69) is 35.4 Å². The molecule has 0 radical (unpaired) electrons. The first-order chi connectivity index (χ1) is 11.1. The van der Waals surface area contributed by atoms with Crippen LogP contribution in [0.5, 0.6) is 0 Å². The van der Waals surface area contributed by atoms with Crippen LogP contribution in [0.25, 0.3) is 10.1 Å². The van der Waals surface area contributed by atoms with Crippen LogP contribution >= 0.6 is 23.7 Å². The summed E-state index contributed by atoms with van der Waals surface area (Å²) in [6.07, 6.45) is 2.14. The number of carbonyl (C=O) groups is 1. The van der Waals surface area contributed by atoms with Gasteiger partial charge in [0.15, 0.2) is 0 Å². The molecular formula is C18H21ClN2O2S. The van der Waals surface area contributed by atoms with Crippen LogP contribution < -0.4 is 4.90 Å². The zero-order valence-electron chi connectivity index (χ0n) is 13.7. The molecule has 1 spiro atoms. The first kappa shape index (κ1) is 16.2. The lowest BCUT2D eigenvalue weighted by molar-refractivity contribution is -0.0881. The molecule has 0 saturated carbocycles. The Morgan fingerprint density at radius 1 is 1.25 bits per heavy atom. The maximum atomic E-state index is 12.6. The maximum absolute atomic E-state index is 12.6. The van der Waals surface area contributed by atoms with Gasteiger partial charge in [-0.1, -0.05) is 0 Å². The minimum atomic E-state index is -0.285. The van der Waals surface area contributed by atoms with Gasteiger partial charge in [-0.2, -0.15) is 0 Å². The lowest BCUT2D eigenvalue weighted by atomic mass is 9.75. The van der Waals surface area contributed by atoms with Crippen molar-refractivity contribution in [2.75, 3.05) is 31.1 Å². The number of amides is 1. The van der Waals surface area contributed by atoms with Crippen molar-refractivity contribution in [3.63, 3.8) is 0 Å². The number of benzene rings is 1. The van der Waals surface area contributed by atoms with Gasteiger partial charge < -0.3 is 4.74 Å². The predicted molar refractivity (Wildman–Crippen MR) is 99.5 cm³/mol. The molecule has 4 saturated heterocycles. The van der Waals surface area contributed by atoms with Crippen molar-refractivity contribution in [2.45, 2.75) is 25.4 Å². The zero-order valence-corrected chi connectivity index (χ0v) is 15.3. The third kappa shape index (κ3) is 2.25. The summed E-state index contributed by atoms with van der Waals surface area (Å²) < 4.78 is 7.24. The van der Waals surface area contributed by atoms with Crippen molar-refractivity contribution in [1.82, 2.24) is 4.90 Å². The monoisotopic (exact) mass is 364 g/mol. The SMILES string of the molecule is Cc1csc2ccc(N3C[C@@]4(CN5CCC4CC5)OC3=O)cc12.Cl. The number of hydrogen-bond donors (Lipinski definition) is 0. The lowest BCUT2D eigenvalue weighted by Gasteiger charge is -2.49. The Morgan fingerprint density at radius 2 is 2.04 bits per heavy atom. The standard InChI is InChI=1S/C18H20N2O2S.ClH/c1-12-9-23-16-3-2-14(8-15(12)16)20-11-18(22-17(20)21)10-19-6-4-13(18)5-7-19;/h2-3,8-9,13H,4-7,10-11H2,1H3;1H/t18-;/m1./s1. The van der Waals surface area contributed by atoms with Crippen molar-refractivity contribution in [1.29, 1.82) is 0 Å². The Labute approximate surface area is 151 Å². The maximum Gasteiger partial charge on any atom is 0.415 e. The van der Waals surface area contributed by atoms with Crippen LogP contribution in [0.2, 0.25) is 0 Å². The highest BCUT2D eigenvalue weighted by Crippen LogP contribution is 2.43. The third-order valence-electron chi connectivity index (χ3n) is 5.82. The molecule has 4 nitrogen and oxygen atoms in total. The van der Waals surface area contributed by atoms with Gasteiger partial charge in [-0.3, -0.25) is 9.80 Å². The Morgan fingerprint density at radius 3 is 2.75 bits per heavy atom. The Kier molecular flexibility index (Phi) is 3.79. The van der Waals surface area contributed by atoms with Crippen LogP contribution in [0.1, 0.15) is 18.4 Å². The van der Waals surface area contributed by atoms with Crippen molar-refractivity contribution in [3.8, 4) is 0 Å². The summed E-state index contributed by atoms with van der Waals surface area (Å²) in [6, 6.07) is 6.32. The third-order valence-corrected chi connectivity index (χ3v) is 6.90. The van der Waals surface area contributed by atoms with E-state index >= 15 is 0 Å². The Bertz CT molecular complexity index is 799. The molecule has 4 aliphatic heterocycles.